The van der Waals surface area contributed by atoms with E-state index in [0.29, 0.717) is 6.61 Å². The monoisotopic (exact) mass is 356 g/mol. The summed E-state index contributed by atoms with van der Waals surface area (Å²) in [6.45, 7) is 2.07. The Balaban J connectivity index is 1.57. The number of carbonyl (C=O) groups is 1. The Bertz CT molecular complexity index is 486. The van der Waals surface area contributed by atoms with Crippen molar-refractivity contribution < 1.29 is 33.6 Å². The number of rotatable bonds is 6. The average molecular weight is 356 g/mol. The number of aliphatic hydroxyl groups excluding tert-OH is 1. The number of esters is 1. The summed E-state index contributed by atoms with van der Waals surface area (Å²) in [6.07, 6.45) is 5.62. The first kappa shape index (κ1) is 18.8. The molecule has 3 rings (SSSR count). The minimum atomic E-state index is -0.823. The van der Waals surface area contributed by atoms with Gasteiger partial charge in [0.1, 0.15) is 18.3 Å². The number of carbonyl (C=O) groups excluding carboxylic acids is 1. The van der Waals surface area contributed by atoms with Crippen molar-refractivity contribution in [3.05, 3.63) is 12.2 Å². The van der Waals surface area contributed by atoms with Crippen LogP contribution in [-0.2, 0) is 28.5 Å². The molecule has 0 aromatic heterocycles. The molecule has 25 heavy (non-hydrogen) atoms. The van der Waals surface area contributed by atoms with Crippen LogP contribution >= 0.6 is 0 Å². The molecule has 3 fully saturated rings. The molecule has 2 aliphatic heterocycles. The van der Waals surface area contributed by atoms with Crippen molar-refractivity contribution in [2.24, 2.45) is 0 Å². The SMILES string of the molecule is CCOC(=O)/C=C/CC(O)[C@H]1O[C@@H]2OC3(CCCCC3)O[C@@H]2[C@H]1OC. The Morgan fingerprint density at radius 2 is 2.08 bits per heavy atom. The fourth-order valence-corrected chi connectivity index (χ4v) is 3.89. The third-order valence-corrected chi connectivity index (χ3v) is 5.07. The second-order valence-corrected chi connectivity index (χ2v) is 6.80. The molecular weight excluding hydrogens is 328 g/mol. The van der Waals surface area contributed by atoms with Crippen LogP contribution in [-0.4, -0.2) is 61.3 Å². The van der Waals surface area contributed by atoms with E-state index in [0.717, 1.165) is 25.7 Å². The van der Waals surface area contributed by atoms with Gasteiger partial charge in [-0.3, -0.25) is 0 Å². The topological polar surface area (TPSA) is 83.5 Å². The summed E-state index contributed by atoms with van der Waals surface area (Å²) in [5.41, 5.74) is 0. The predicted octanol–water partition coefficient (Wildman–Crippen LogP) is 1.67. The van der Waals surface area contributed by atoms with Crippen LogP contribution in [0.1, 0.15) is 45.4 Å². The lowest BCUT2D eigenvalue weighted by Gasteiger charge is -2.34. The van der Waals surface area contributed by atoms with E-state index in [4.69, 9.17) is 23.7 Å². The predicted molar refractivity (Wildman–Crippen MR) is 87.6 cm³/mol. The molecule has 0 amide bonds. The Morgan fingerprint density at radius 3 is 2.76 bits per heavy atom. The lowest BCUT2D eigenvalue weighted by Crippen LogP contribution is -2.43. The largest absolute Gasteiger partial charge is 0.463 e. The van der Waals surface area contributed by atoms with Crippen molar-refractivity contribution in [3.63, 3.8) is 0 Å². The van der Waals surface area contributed by atoms with Crippen LogP contribution in [0.2, 0.25) is 0 Å². The first-order valence-corrected chi connectivity index (χ1v) is 9.14. The van der Waals surface area contributed by atoms with Gasteiger partial charge in [-0.2, -0.15) is 0 Å². The Morgan fingerprint density at radius 1 is 1.32 bits per heavy atom. The Hall–Kier alpha value is -0.990. The highest BCUT2D eigenvalue weighted by Crippen LogP contribution is 2.46. The number of hydrogen-bond acceptors (Lipinski definition) is 7. The van der Waals surface area contributed by atoms with E-state index in [2.05, 4.69) is 0 Å². The Labute approximate surface area is 148 Å². The van der Waals surface area contributed by atoms with Crippen LogP contribution in [0.3, 0.4) is 0 Å². The maximum absolute atomic E-state index is 11.3. The van der Waals surface area contributed by atoms with Gasteiger partial charge in [-0.25, -0.2) is 4.79 Å². The standard InChI is InChI=1S/C18H28O7/c1-3-22-13(20)9-7-8-12(19)14-15(21-2)16-17(23-14)25-18(24-16)10-5-4-6-11-18/h7,9,12,14-17,19H,3-6,8,10-11H2,1-2H3/b9-7+/t12?,14-,15+,16-,17-/m1/s1. The third kappa shape index (κ3) is 4.06. The highest BCUT2D eigenvalue weighted by Gasteiger charge is 2.59. The van der Waals surface area contributed by atoms with Gasteiger partial charge in [0.25, 0.3) is 0 Å². The molecule has 1 unspecified atom stereocenters. The zero-order valence-electron chi connectivity index (χ0n) is 14.9. The fourth-order valence-electron chi connectivity index (χ4n) is 3.89. The molecule has 1 spiro atoms. The van der Waals surface area contributed by atoms with Crippen LogP contribution in [0.4, 0.5) is 0 Å². The number of methoxy groups -OCH3 is 1. The molecule has 0 radical (unpaired) electrons. The fraction of sp³-hybridized carbons (Fsp3) is 0.833. The molecule has 1 N–H and O–H groups in total. The molecule has 1 aliphatic carbocycles. The molecular formula is C18H28O7. The van der Waals surface area contributed by atoms with Gasteiger partial charge < -0.3 is 28.8 Å². The van der Waals surface area contributed by atoms with E-state index in [-0.39, 0.29) is 12.5 Å². The second kappa shape index (κ2) is 8.14. The summed E-state index contributed by atoms with van der Waals surface area (Å²) in [4.78, 5) is 11.3. The molecule has 3 aliphatic rings. The lowest BCUT2D eigenvalue weighted by atomic mass is 9.94. The van der Waals surface area contributed by atoms with Crippen molar-refractivity contribution in [2.75, 3.05) is 13.7 Å². The Kier molecular flexibility index (Phi) is 6.12. The van der Waals surface area contributed by atoms with Gasteiger partial charge in [0.05, 0.1) is 12.7 Å². The van der Waals surface area contributed by atoms with E-state index in [9.17, 15) is 9.90 Å². The van der Waals surface area contributed by atoms with Crippen molar-refractivity contribution in [2.45, 2.75) is 81.9 Å². The maximum Gasteiger partial charge on any atom is 0.330 e. The van der Waals surface area contributed by atoms with Gasteiger partial charge in [0.15, 0.2) is 12.1 Å². The summed E-state index contributed by atoms with van der Waals surface area (Å²) < 4.78 is 28.5. The van der Waals surface area contributed by atoms with Gasteiger partial charge >= 0.3 is 5.97 Å². The number of fused-ring (bicyclic) bond motifs is 1. The van der Waals surface area contributed by atoms with E-state index in [1.807, 2.05) is 0 Å². The van der Waals surface area contributed by atoms with E-state index in [1.165, 1.54) is 12.5 Å². The van der Waals surface area contributed by atoms with Crippen LogP contribution in [0.25, 0.3) is 0 Å². The van der Waals surface area contributed by atoms with E-state index >= 15 is 0 Å². The van der Waals surface area contributed by atoms with Crippen LogP contribution in [0, 0.1) is 0 Å². The molecule has 1 saturated carbocycles. The summed E-state index contributed by atoms with van der Waals surface area (Å²) in [5.74, 6) is -0.975. The molecule has 0 bridgehead atoms. The maximum atomic E-state index is 11.3. The van der Waals surface area contributed by atoms with E-state index in [1.54, 1.807) is 20.1 Å². The normalized spacial score (nSPS) is 35.2. The third-order valence-electron chi connectivity index (χ3n) is 5.07. The molecule has 2 heterocycles. The smallest absolute Gasteiger partial charge is 0.330 e. The van der Waals surface area contributed by atoms with Gasteiger partial charge in [0.2, 0.25) is 0 Å². The highest BCUT2D eigenvalue weighted by molar-refractivity contribution is 5.81. The first-order valence-electron chi connectivity index (χ1n) is 9.14. The summed E-state index contributed by atoms with van der Waals surface area (Å²) >= 11 is 0. The zero-order chi connectivity index (χ0) is 17.9. The van der Waals surface area contributed by atoms with Gasteiger partial charge in [-0.15, -0.1) is 0 Å². The molecule has 7 nitrogen and oxygen atoms in total. The van der Waals surface area contributed by atoms with Gasteiger partial charge in [-0.1, -0.05) is 12.5 Å². The van der Waals surface area contributed by atoms with Crippen molar-refractivity contribution in [3.8, 4) is 0 Å². The summed E-state index contributed by atoms with van der Waals surface area (Å²) in [7, 11) is 1.58. The molecule has 7 heteroatoms. The minimum Gasteiger partial charge on any atom is -0.463 e. The number of ether oxygens (including phenoxy) is 5. The van der Waals surface area contributed by atoms with Crippen LogP contribution in [0.5, 0.6) is 0 Å². The summed E-state index contributed by atoms with van der Waals surface area (Å²) in [5, 5.41) is 10.4. The molecule has 5 atom stereocenters. The summed E-state index contributed by atoms with van der Waals surface area (Å²) in [6, 6.07) is 0. The molecule has 0 aromatic carbocycles. The lowest BCUT2D eigenvalue weighted by molar-refractivity contribution is -0.254. The number of aliphatic hydroxyl groups is 1. The van der Waals surface area contributed by atoms with Crippen LogP contribution < -0.4 is 0 Å². The van der Waals surface area contributed by atoms with Gasteiger partial charge in [-0.05, 0) is 26.2 Å². The first-order chi connectivity index (χ1) is 12.1. The van der Waals surface area contributed by atoms with Gasteiger partial charge in [0, 0.05) is 26.0 Å². The number of hydrogen-bond donors (Lipinski definition) is 1. The zero-order valence-corrected chi connectivity index (χ0v) is 14.9. The molecule has 142 valence electrons. The quantitative estimate of drug-likeness (QED) is 0.572. The molecule has 0 aromatic rings. The minimum absolute atomic E-state index is 0.258. The second-order valence-electron chi connectivity index (χ2n) is 6.80. The average Bonchev–Trinajstić information content (AvgIpc) is 3.09. The van der Waals surface area contributed by atoms with Crippen molar-refractivity contribution >= 4 is 5.97 Å². The highest BCUT2D eigenvalue weighted by atomic mass is 16.8. The van der Waals surface area contributed by atoms with Crippen LogP contribution in [0.15, 0.2) is 12.2 Å². The van der Waals surface area contributed by atoms with E-state index < -0.39 is 36.4 Å². The van der Waals surface area contributed by atoms with Crippen molar-refractivity contribution in [1.82, 2.24) is 0 Å². The molecule has 2 saturated heterocycles. The van der Waals surface area contributed by atoms with Crippen molar-refractivity contribution in [1.29, 1.82) is 0 Å².